The van der Waals surface area contributed by atoms with E-state index in [0.717, 1.165) is 27.0 Å². The van der Waals surface area contributed by atoms with Crippen LogP contribution in [0.1, 0.15) is 25.2 Å². The normalized spacial score (nSPS) is 18.2. The van der Waals surface area contributed by atoms with E-state index in [0.29, 0.717) is 23.6 Å². The number of carbonyl (C=O) groups excluding carboxylic acids is 2. The summed E-state index contributed by atoms with van der Waals surface area (Å²) in [5, 5.41) is 32.9. The summed E-state index contributed by atoms with van der Waals surface area (Å²) < 4.78 is 4.55. The first-order valence-electron chi connectivity index (χ1n) is 13.7. The molecule has 5 N–H and O–H groups in total. The van der Waals surface area contributed by atoms with E-state index in [1.54, 1.807) is 10.7 Å². The number of β-lactam (4-membered cyclic amide) rings is 1. The van der Waals surface area contributed by atoms with E-state index in [1.807, 2.05) is 34.5 Å². The maximum Gasteiger partial charge on any atom is 0.352 e. The summed E-state index contributed by atoms with van der Waals surface area (Å²) in [7, 11) is 0. The van der Waals surface area contributed by atoms with Crippen molar-refractivity contribution in [3.63, 3.8) is 0 Å². The summed E-state index contributed by atoms with van der Waals surface area (Å²) in [5.41, 5.74) is 5.80. The number of fused-ring (bicyclic) bond motifs is 2. The average Bonchev–Trinajstić information content (AvgIpc) is 3.79. The monoisotopic (exact) mass is 716 g/mol. The Kier molecular flexibility index (Phi) is 8.92. The third-order valence-corrected chi connectivity index (χ3v) is 11.2. The number of rotatable bonds is 12. The van der Waals surface area contributed by atoms with E-state index in [4.69, 9.17) is 15.6 Å². The van der Waals surface area contributed by atoms with Crippen LogP contribution in [-0.4, -0.2) is 92.7 Å². The van der Waals surface area contributed by atoms with Crippen LogP contribution in [0.2, 0.25) is 0 Å². The molecular weight excluding hydrogens is 691 g/mol. The molecule has 0 spiro atoms. The van der Waals surface area contributed by atoms with Gasteiger partial charge in [-0.2, -0.15) is 0 Å². The minimum atomic E-state index is -1.76. The summed E-state index contributed by atoms with van der Waals surface area (Å²) in [6.07, 6.45) is 5.49. The van der Waals surface area contributed by atoms with Gasteiger partial charge >= 0.3 is 17.6 Å². The molecule has 1 unspecified atom stereocenters. The molecule has 20 heteroatoms. The summed E-state index contributed by atoms with van der Waals surface area (Å²) in [6, 6.07) is 2.75. The van der Waals surface area contributed by atoms with Crippen molar-refractivity contribution in [2.75, 3.05) is 17.2 Å². The van der Waals surface area contributed by atoms with Crippen LogP contribution in [0.4, 0.5) is 5.13 Å². The number of carboxylic acid groups (broad SMARTS) is 2. The largest absolute Gasteiger partial charge is 0.478 e. The van der Waals surface area contributed by atoms with Crippen molar-refractivity contribution in [2.24, 2.45) is 5.16 Å². The fraction of sp³-hybridized carbons (Fsp3) is 0.296. The molecule has 2 aliphatic rings. The molecular formula is C27H26N9O7S4+. The van der Waals surface area contributed by atoms with Crippen molar-refractivity contribution in [3.05, 3.63) is 64.1 Å². The van der Waals surface area contributed by atoms with Gasteiger partial charge in [-0.3, -0.25) is 14.5 Å². The Morgan fingerprint density at radius 1 is 1.26 bits per heavy atom. The molecule has 4 aromatic heterocycles. The van der Waals surface area contributed by atoms with Gasteiger partial charge in [0.05, 0.1) is 11.9 Å². The lowest BCUT2D eigenvalue weighted by Gasteiger charge is -2.49. The van der Waals surface area contributed by atoms with Gasteiger partial charge in [0.25, 0.3) is 11.8 Å². The van der Waals surface area contributed by atoms with Crippen LogP contribution in [0, 0.1) is 0 Å². The predicted molar refractivity (Wildman–Crippen MR) is 173 cm³/mol. The minimum Gasteiger partial charge on any atom is -0.478 e. The zero-order chi connectivity index (χ0) is 33.5. The van der Waals surface area contributed by atoms with Crippen LogP contribution in [-0.2, 0) is 30.6 Å². The molecule has 47 heavy (non-hydrogen) atoms. The number of oxime groups is 1. The van der Waals surface area contributed by atoms with E-state index < -0.39 is 40.8 Å². The molecule has 0 saturated carbocycles. The Morgan fingerprint density at radius 3 is 2.79 bits per heavy atom. The smallest absolute Gasteiger partial charge is 0.352 e. The van der Waals surface area contributed by atoms with Crippen molar-refractivity contribution < 1.29 is 38.8 Å². The lowest BCUT2D eigenvalue weighted by atomic mass is 10.0. The standard InChI is InChI=1S/C27H25N9O7S4/c1-27(2,24(41)42)43-33-17(15-12-45-25(28)31-15)20(37)32-18-21(38)36-19(23(39)40)13(9-44-22(18)36)10-46-26-30-14(11-47-26)8-34-6-7-35-16(34)4-3-5-29-35/h3-7,11-12,18,22H,8-10H2,1-2H3,(H4-,28,31,32,37,39,40,41,42)/p+1/b33-17+/t18-,22?/m1/s1. The lowest BCUT2D eigenvalue weighted by molar-refractivity contribution is -0.662. The highest BCUT2D eigenvalue weighted by Gasteiger charge is 2.54. The summed E-state index contributed by atoms with van der Waals surface area (Å²) >= 11 is 5.19. The first-order chi connectivity index (χ1) is 22.4. The number of thioether (sulfide) groups is 2. The summed E-state index contributed by atoms with van der Waals surface area (Å²) in [4.78, 5) is 65.5. The van der Waals surface area contributed by atoms with Crippen molar-refractivity contribution in [3.8, 4) is 0 Å². The van der Waals surface area contributed by atoms with Crippen LogP contribution in [0.25, 0.3) is 5.65 Å². The van der Waals surface area contributed by atoms with E-state index in [9.17, 15) is 29.4 Å². The van der Waals surface area contributed by atoms with Crippen molar-refractivity contribution in [2.45, 2.75) is 41.7 Å². The number of hydrogen-bond donors (Lipinski definition) is 4. The first-order valence-corrected chi connectivity index (χ1v) is 17.5. The SMILES string of the molecule is CC(C)(O/N=C(/C(=O)N[C@@H]1C(=O)N2C(C(=O)O)=C(CSc3nc(C[n+]4ccn5ncccc54)cs3)CSC12)c1csc(N)n1)C(=O)O. The molecule has 4 aromatic rings. The minimum absolute atomic E-state index is 0.0273. The van der Waals surface area contributed by atoms with E-state index in [-0.39, 0.29) is 22.2 Å². The van der Waals surface area contributed by atoms with Crippen LogP contribution in [0.15, 0.2) is 62.2 Å². The fourth-order valence-corrected chi connectivity index (χ4v) is 8.49. The molecule has 2 atom stereocenters. The van der Waals surface area contributed by atoms with Crippen molar-refractivity contribution >= 4 is 86.4 Å². The van der Waals surface area contributed by atoms with Crippen LogP contribution < -0.4 is 15.6 Å². The number of anilines is 1. The Morgan fingerprint density at radius 2 is 2.06 bits per heavy atom. The second-order valence-corrected chi connectivity index (χ2v) is 14.8. The van der Waals surface area contributed by atoms with Crippen molar-refractivity contribution in [1.29, 1.82) is 0 Å². The van der Waals surface area contributed by atoms with Crippen LogP contribution in [0.3, 0.4) is 0 Å². The Labute approximate surface area is 282 Å². The summed E-state index contributed by atoms with van der Waals surface area (Å²) in [5.74, 6) is -3.42. The van der Waals surface area contributed by atoms with E-state index >= 15 is 0 Å². The zero-order valence-electron chi connectivity index (χ0n) is 24.6. The summed E-state index contributed by atoms with van der Waals surface area (Å²) in [6.45, 7) is 3.05. The third kappa shape index (κ3) is 6.53. The molecule has 244 valence electrons. The number of nitrogens with two attached hydrogens (primary N) is 1. The highest BCUT2D eigenvalue weighted by atomic mass is 32.2. The molecule has 0 radical (unpaired) electrons. The highest BCUT2D eigenvalue weighted by Crippen LogP contribution is 2.42. The molecule has 2 aliphatic heterocycles. The maximum absolute atomic E-state index is 13.3. The Bertz CT molecular complexity index is 1970. The quantitative estimate of drug-likeness (QED) is 0.0535. The van der Waals surface area contributed by atoms with Gasteiger partial charge < -0.3 is 26.1 Å². The first kappa shape index (κ1) is 32.4. The zero-order valence-corrected chi connectivity index (χ0v) is 27.9. The lowest BCUT2D eigenvalue weighted by Crippen LogP contribution is -2.71. The molecule has 0 bridgehead atoms. The topological polar surface area (TPSA) is 219 Å². The number of aliphatic carboxylic acids is 2. The number of aromatic nitrogens is 5. The van der Waals surface area contributed by atoms with Gasteiger partial charge in [0.1, 0.15) is 35.5 Å². The number of nitrogen functional groups attached to an aromatic ring is 1. The third-order valence-electron chi connectivity index (χ3n) is 7.07. The van der Waals surface area contributed by atoms with Gasteiger partial charge in [0, 0.05) is 28.3 Å². The Hall–Kier alpha value is -4.53. The second-order valence-electron chi connectivity index (χ2n) is 10.7. The van der Waals surface area contributed by atoms with Gasteiger partial charge in [0.15, 0.2) is 21.4 Å². The number of imidazole rings is 1. The van der Waals surface area contributed by atoms with Gasteiger partial charge in [-0.25, -0.2) is 24.1 Å². The predicted octanol–water partition coefficient (Wildman–Crippen LogP) is 1.28. The maximum atomic E-state index is 13.3. The highest BCUT2D eigenvalue weighted by molar-refractivity contribution is 8.01. The molecule has 1 fully saturated rings. The average molecular weight is 717 g/mol. The number of nitrogens with zero attached hydrogens (tertiary/aromatic N) is 7. The number of amides is 2. The number of hydrogen-bond acceptors (Lipinski definition) is 14. The molecule has 6 rings (SSSR count). The molecule has 1 saturated heterocycles. The van der Waals surface area contributed by atoms with E-state index in [2.05, 4.69) is 20.6 Å². The number of carboxylic acids is 2. The molecule has 2 amide bonds. The van der Waals surface area contributed by atoms with Crippen LogP contribution >= 0.6 is 46.2 Å². The molecule has 0 aromatic carbocycles. The second kappa shape index (κ2) is 12.9. The number of nitrogens with one attached hydrogen (secondary N) is 1. The van der Waals surface area contributed by atoms with Gasteiger partial charge in [-0.1, -0.05) is 22.0 Å². The molecule has 6 heterocycles. The number of thiazole rings is 2. The van der Waals surface area contributed by atoms with Gasteiger partial charge in [-0.05, 0) is 25.5 Å². The van der Waals surface area contributed by atoms with Crippen molar-refractivity contribution in [1.82, 2.24) is 29.8 Å². The fourth-order valence-electron chi connectivity index (χ4n) is 4.63. The number of carbonyl (C=O) groups is 4. The van der Waals surface area contributed by atoms with Gasteiger partial charge in [0.2, 0.25) is 5.60 Å². The van der Waals surface area contributed by atoms with Crippen LogP contribution in [0.5, 0.6) is 0 Å². The molecule has 0 aliphatic carbocycles. The van der Waals surface area contributed by atoms with Gasteiger partial charge in [-0.15, -0.1) is 39.0 Å². The Balaban J connectivity index is 1.13. The molecule has 16 nitrogen and oxygen atoms in total. The van der Waals surface area contributed by atoms with E-state index in [1.165, 1.54) is 59.0 Å².